The average Bonchev–Trinajstić information content (AvgIpc) is 1.38. The lowest BCUT2D eigenvalue weighted by Gasteiger charge is -1.67. The summed E-state index contributed by atoms with van der Waals surface area (Å²) in [5.74, 6) is 4.62. The summed E-state index contributed by atoms with van der Waals surface area (Å²) in [6.45, 7) is 1.62. The summed E-state index contributed by atoms with van der Waals surface area (Å²) >= 11 is 0. The number of hydrazine groups is 1. The van der Waals surface area contributed by atoms with Gasteiger partial charge in [-0.3, -0.25) is 5.21 Å². The van der Waals surface area contributed by atoms with E-state index in [0.29, 0.717) is 4.85 Å². The highest BCUT2D eigenvalue weighted by Crippen LogP contribution is 1.34. The SMILES string of the molecule is C/C=[N+](\N)O. The fraction of sp³-hybridized carbons (Fsp3) is 0.500. The number of hydrogen-bond donors (Lipinski definition) is 2. The van der Waals surface area contributed by atoms with Crippen molar-refractivity contribution < 1.29 is 10.1 Å². The molecule has 0 aromatic carbocycles. The van der Waals surface area contributed by atoms with Crippen molar-refractivity contribution in [3.05, 3.63) is 0 Å². The first kappa shape index (κ1) is 4.27. The summed E-state index contributed by atoms with van der Waals surface area (Å²) in [6.07, 6.45) is 1.33. The van der Waals surface area contributed by atoms with Gasteiger partial charge in [-0.1, -0.05) is 0 Å². The Labute approximate surface area is 30.3 Å². The van der Waals surface area contributed by atoms with Crippen LogP contribution in [0.2, 0.25) is 0 Å². The molecule has 0 saturated heterocycles. The molecule has 0 bridgehead atoms. The molecule has 0 aliphatic carbocycles. The van der Waals surface area contributed by atoms with Crippen LogP contribution in [0.5, 0.6) is 0 Å². The molecule has 0 heterocycles. The van der Waals surface area contributed by atoms with Crippen LogP contribution in [0.3, 0.4) is 0 Å². The molecule has 0 saturated carbocycles. The third kappa shape index (κ3) is 3.27. The van der Waals surface area contributed by atoms with E-state index >= 15 is 0 Å². The van der Waals surface area contributed by atoms with Crippen molar-refractivity contribution in [2.75, 3.05) is 0 Å². The molecule has 0 aliphatic rings. The molecule has 3 heteroatoms. The van der Waals surface area contributed by atoms with Gasteiger partial charge in [0.15, 0.2) is 0 Å². The van der Waals surface area contributed by atoms with Crippen molar-refractivity contribution in [2.24, 2.45) is 5.84 Å². The minimum atomic E-state index is 0.500. The summed E-state index contributed by atoms with van der Waals surface area (Å²) in [6, 6.07) is 0. The van der Waals surface area contributed by atoms with Gasteiger partial charge in [0.25, 0.3) is 0 Å². The Bertz CT molecular complexity index is 45.6. The summed E-state index contributed by atoms with van der Waals surface area (Å²) in [7, 11) is 0. The molecule has 0 rings (SSSR count). The number of rotatable bonds is 0. The molecule has 3 nitrogen and oxygen atoms in total. The van der Waals surface area contributed by atoms with Crippen molar-refractivity contribution in [1.29, 1.82) is 0 Å². The van der Waals surface area contributed by atoms with Crippen LogP contribution in [0, 0.1) is 0 Å². The first-order valence-corrected chi connectivity index (χ1v) is 1.29. The molecule has 0 radical (unpaired) electrons. The highest BCUT2D eigenvalue weighted by molar-refractivity contribution is 5.45. The average molecular weight is 75.1 g/mol. The topological polar surface area (TPSA) is 49.3 Å². The van der Waals surface area contributed by atoms with Crippen LogP contribution in [0.15, 0.2) is 0 Å². The third-order valence-corrected chi connectivity index (χ3v) is 0.265. The normalized spacial score (nSPS) is 11.8. The van der Waals surface area contributed by atoms with Crippen molar-refractivity contribution >= 4 is 6.21 Å². The number of nitrogens with two attached hydrogens (primary N) is 1. The Morgan fingerprint density at radius 3 is 2.20 bits per heavy atom. The minimum Gasteiger partial charge on any atom is -0.262 e. The molecule has 0 spiro atoms. The molecule has 0 aromatic heterocycles. The standard InChI is InChI=1S/C2H7N2O/c1-2-4(3)5/h2,5H,3H2,1H3/q+1/b4-2+. The van der Waals surface area contributed by atoms with Crippen molar-refractivity contribution in [3.63, 3.8) is 0 Å². The lowest BCUT2D eigenvalue weighted by molar-refractivity contribution is -0.782. The number of nitrogens with zero attached hydrogens (tertiary/aromatic N) is 1. The van der Waals surface area contributed by atoms with E-state index in [1.165, 1.54) is 6.21 Å². The van der Waals surface area contributed by atoms with Crippen LogP contribution in [-0.2, 0) is 0 Å². The second-order valence-corrected chi connectivity index (χ2v) is 0.638. The van der Waals surface area contributed by atoms with E-state index in [-0.39, 0.29) is 0 Å². The zero-order valence-electron chi connectivity index (χ0n) is 3.05. The highest BCUT2D eigenvalue weighted by Gasteiger charge is 1.70. The van der Waals surface area contributed by atoms with Gasteiger partial charge in [0.2, 0.25) is 6.21 Å². The summed E-state index contributed by atoms with van der Waals surface area (Å²) in [5.41, 5.74) is 0. The van der Waals surface area contributed by atoms with Crippen LogP contribution in [0.1, 0.15) is 6.92 Å². The first-order valence-electron chi connectivity index (χ1n) is 1.29. The molecular weight excluding hydrogens is 68.0 g/mol. The smallest absolute Gasteiger partial charge is 0.225 e. The molecule has 0 atom stereocenters. The van der Waals surface area contributed by atoms with Crippen molar-refractivity contribution in [3.8, 4) is 0 Å². The Morgan fingerprint density at radius 1 is 2.00 bits per heavy atom. The Morgan fingerprint density at radius 2 is 2.20 bits per heavy atom. The van der Waals surface area contributed by atoms with Crippen molar-refractivity contribution in [1.82, 2.24) is 0 Å². The van der Waals surface area contributed by atoms with Crippen molar-refractivity contribution in [2.45, 2.75) is 6.92 Å². The molecule has 0 unspecified atom stereocenters. The van der Waals surface area contributed by atoms with E-state index in [2.05, 4.69) is 5.84 Å². The lowest BCUT2D eigenvalue weighted by atomic mass is 10.9. The minimum absolute atomic E-state index is 0.500. The molecule has 30 valence electrons. The predicted molar refractivity (Wildman–Crippen MR) is 18.0 cm³/mol. The summed E-state index contributed by atoms with van der Waals surface area (Å²) in [4.78, 5) is 0.500. The van der Waals surface area contributed by atoms with Gasteiger partial charge in [-0.25, -0.2) is 0 Å². The van der Waals surface area contributed by atoms with Gasteiger partial charge < -0.3 is 0 Å². The van der Waals surface area contributed by atoms with Crippen LogP contribution >= 0.6 is 0 Å². The molecule has 3 N–H and O–H groups in total. The fourth-order valence-corrected chi connectivity index (χ4v) is 0. The summed E-state index contributed by atoms with van der Waals surface area (Å²) in [5, 5.41) is 7.92. The highest BCUT2D eigenvalue weighted by atomic mass is 16.5. The second-order valence-electron chi connectivity index (χ2n) is 0.638. The Balaban J connectivity index is 3.14. The Hall–Kier alpha value is -0.730. The van der Waals surface area contributed by atoms with Crippen LogP contribution in [0.25, 0.3) is 0 Å². The van der Waals surface area contributed by atoms with Crippen LogP contribution < -0.4 is 5.84 Å². The van der Waals surface area contributed by atoms with Gasteiger partial charge >= 0.3 is 0 Å². The van der Waals surface area contributed by atoms with E-state index in [0.717, 1.165) is 0 Å². The molecule has 5 heavy (non-hydrogen) atoms. The fourth-order valence-electron chi connectivity index (χ4n) is 0. The maximum atomic E-state index is 7.92. The van der Waals surface area contributed by atoms with E-state index < -0.39 is 0 Å². The maximum Gasteiger partial charge on any atom is 0.225 e. The van der Waals surface area contributed by atoms with Gasteiger partial charge in [-0.15, -0.1) is 0 Å². The van der Waals surface area contributed by atoms with E-state index in [4.69, 9.17) is 5.21 Å². The maximum absolute atomic E-state index is 7.92. The predicted octanol–water partition coefficient (Wildman–Crippen LogP) is -0.647. The van der Waals surface area contributed by atoms with Gasteiger partial charge in [0, 0.05) is 6.92 Å². The first-order chi connectivity index (χ1) is 2.27. The van der Waals surface area contributed by atoms with Gasteiger partial charge in [0.1, 0.15) is 0 Å². The molecular formula is C2H7N2O+. The number of hydrazone groups is 1. The zero-order valence-corrected chi connectivity index (χ0v) is 3.05. The van der Waals surface area contributed by atoms with Crippen LogP contribution in [0.4, 0.5) is 0 Å². The van der Waals surface area contributed by atoms with Gasteiger partial charge in [0.05, 0.1) is 4.85 Å². The zero-order chi connectivity index (χ0) is 4.28. The molecule has 0 aliphatic heterocycles. The van der Waals surface area contributed by atoms with E-state index in [1.807, 2.05) is 0 Å². The largest absolute Gasteiger partial charge is 0.262 e. The third-order valence-electron chi connectivity index (χ3n) is 0.265. The monoisotopic (exact) mass is 75.1 g/mol. The van der Waals surface area contributed by atoms with Crippen LogP contribution in [-0.4, -0.2) is 16.3 Å². The molecule has 0 fully saturated rings. The second kappa shape index (κ2) is 1.58. The molecule has 0 amide bonds. The molecule has 0 aromatic rings. The summed E-state index contributed by atoms with van der Waals surface area (Å²) < 4.78 is 0. The van der Waals surface area contributed by atoms with E-state index in [9.17, 15) is 0 Å². The van der Waals surface area contributed by atoms with Gasteiger partial charge in [-0.2, -0.15) is 5.84 Å². The number of hydrogen-bond acceptors (Lipinski definition) is 2. The van der Waals surface area contributed by atoms with Gasteiger partial charge in [-0.05, 0) is 0 Å². The lowest BCUT2D eigenvalue weighted by Crippen LogP contribution is -2.13. The van der Waals surface area contributed by atoms with E-state index in [1.54, 1.807) is 6.92 Å². The Kier molecular flexibility index (Phi) is 1.35. The quantitative estimate of drug-likeness (QED) is 0.132.